The molecule has 0 spiro atoms. The summed E-state index contributed by atoms with van der Waals surface area (Å²) < 4.78 is 6.92. The van der Waals surface area contributed by atoms with Crippen LogP contribution in [0.1, 0.15) is 30.5 Å². The molecule has 7 heteroatoms. The summed E-state index contributed by atoms with van der Waals surface area (Å²) in [4.78, 5) is 31.1. The first-order chi connectivity index (χ1) is 11.1. The molecule has 3 rings (SSSR count). The number of aryl methyl sites for hydroxylation is 2. The van der Waals surface area contributed by atoms with Gasteiger partial charge in [0.15, 0.2) is 0 Å². The topological polar surface area (TPSA) is 73.2 Å². The van der Waals surface area contributed by atoms with Crippen molar-refractivity contribution in [3.05, 3.63) is 27.1 Å². The van der Waals surface area contributed by atoms with Crippen molar-refractivity contribution in [2.24, 2.45) is 0 Å². The molecule has 2 aromatic heterocycles. The Morgan fingerprint density at radius 2 is 2.39 bits per heavy atom. The van der Waals surface area contributed by atoms with Crippen LogP contribution in [-0.4, -0.2) is 34.7 Å². The van der Waals surface area contributed by atoms with Crippen LogP contribution in [0.5, 0.6) is 0 Å². The van der Waals surface area contributed by atoms with E-state index in [4.69, 9.17) is 4.74 Å². The fraction of sp³-hybridized carbons (Fsp3) is 0.562. The van der Waals surface area contributed by atoms with Crippen molar-refractivity contribution in [3.8, 4) is 0 Å². The number of thiophene rings is 1. The lowest BCUT2D eigenvalue weighted by Crippen LogP contribution is -2.37. The van der Waals surface area contributed by atoms with Gasteiger partial charge < -0.3 is 10.1 Å². The van der Waals surface area contributed by atoms with Gasteiger partial charge in [-0.1, -0.05) is 6.92 Å². The molecule has 3 heterocycles. The number of hydrogen-bond acceptors (Lipinski definition) is 5. The van der Waals surface area contributed by atoms with Gasteiger partial charge in [0.1, 0.15) is 17.2 Å². The fourth-order valence-electron chi connectivity index (χ4n) is 2.76. The zero-order chi connectivity index (χ0) is 16.4. The Morgan fingerprint density at radius 1 is 1.57 bits per heavy atom. The Hall–Kier alpha value is -1.73. The highest BCUT2D eigenvalue weighted by Crippen LogP contribution is 2.21. The molecule has 1 atom stereocenters. The molecule has 1 saturated heterocycles. The molecule has 0 radical (unpaired) electrons. The Kier molecular flexibility index (Phi) is 4.77. The van der Waals surface area contributed by atoms with Gasteiger partial charge in [-0.25, -0.2) is 4.98 Å². The third-order valence-corrected chi connectivity index (χ3v) is 5.27. The van der Waals surface area contributed by atoms with Gasteiger partial charge in [-0.15, -0.1) is 11.3 Å². The molecule has 0 saturated carbocycles. The largest absolute Gasteiger partial charge is 0.376 e. The van der Waals surface area contributed by atoms with E-state index >= 15 is 0 Å². The number of amides is 1. The molecule has 1 fully saturated rings. The Bertz CT molecular complexity index is 775. The number of carbonyl (C=O) groups excluding carboxylic acids is 1. The van der Waals surface area contributed by atoms with Crippen LogP contribution in [0.25, 0.3) is 10.2 Å². The monoisotopic (exact) mass is 335 g/mol. The molecular weight excluding hydrogens is 314 g/mol. The first-order valence-electron chi connectivity index (χ1n) is 7.96. The minimum atomic E-state index is -0.183. The molecule has 0 aromatic carbocycles. The van der Waals surface area contributed by atoms with Crippen LogP contribution in [-0.2, 0) is 22.5 Å². The number of hydrogen-bond donors (Lipinski definition) is 1. The number of carbonyl (C=O) groups is 1. The maximum atomic E-state index is 12.6. The molecule has 1 N–H and O–H groups in total. The minimum Gasteiger partial charge on any atom is -0.376 e. The van der Waals surface area contributed by atoms with Gasteiger partial charge >= 0.3 is 0 Å². The average molecular weight is 335 g/mol. The van der Waals surface area contributed by atoms with Crippen molar-refractivity contribution >= 4 is 27.5 Å². The van der Waals surface area contributed by atoms with E-state index in [1.807, 2.05) is 6.07 Å². The highest BCUT2D eigenvalue weighted by Gasteiger charge is 2.17. The van der Waals surface area contributed by atoms with E-state index in [0.717, 1.165) is 35.6 Å². The molecule has 124 valence electrons. The predicted octanol–water partition coefficient (Wildman–Crippen LogP) is 1.62. The second-order valence-electron chi connectivity index (χ2n) is 5.77. The lowest BCUT2D eigenvalue weighted by molar-refractivity contribution is -0.122. The minimum absolute atomic E-state index is 0.00235. The van der Waals surface area contributed by atoms with Crippen LogP contribution < -0.4 is 10.9 Å². The molecule has 0 unspecified atom stereocenters. The number of nitrogens with one attached hydrogen (secondary N) is 1. The van der Waals surface area contributed by atoms with Crippen LogP contribution in [0.4, 0.5) is 0 Å². The lowest BCUT2D eigenvalue weighted by atomic mass is 10.2. The summed E-state index contributed by atoms with van der Waals surface area (Å²) in [5.41, 5.74) is -0.143. The highest BCUT2D eigenvalue weighted by atomic mass is 32.1. The standard InChI is InChI=1S/C16H21N3O3S/c1-3-12-7-13-15(23-12)18-10(2)19(16(13)21)9-14(20)17-8-11-5-4-6-22-11/h7,11H,3-6,8-9H2,1-2H3,(H,17,20)/t11-/m0/s1. The zero-order valence-corrected chi connectivity index (χ0v) is 14.2. The molecular formula is C16H21N3O3S. The molecule has 1 amide bonds. The van der Waals surface area contributed by atoms with E-state index in [-0.39, 0.29) is 24.1 Å². The van der Waals surface area contributed by atoms with Crippen molar-refractivity contribution in [2.45, 2.75) is 45.8 Å². The molecule has 0 aliphatic carbocycles. The van der Waals surface area contributed by atoms with E-state index in [0.29, 0.717) is 17.8 Å². The SMILES string of the molecule is CCc1cc2c(=O)n(CC(=O)NC[C@@H]3CCCO3)c(C)nc2s1. The number of fused-ring (bicyclic) bond motifs is 1. The Morgan fingerprint density at radius 3 is 3.09 bits per heavy atom. The van der Waals surface area contributed by atoms with Gasteiger partial charge in [0.25, 0.3) is 5.56 Å². The smallest absolute Gasteiger partial charge is 0.262 e. The second kappa shape index (κ2) is 6.80. The normalized spacial score (nSPS) is 17.7. The van der Waals surface area contributed by atoms with Gasteiger partial charge in [0, 0.05) is 18.0 Å². The van der Waals surface area contributed by atoms with Crippen LogP contribution in [0.15, 0.2) is 10.9 Å². The summed E-state index contributed by atoms with van der Waals surface area (Å²) in [6.45, 7) is 5.07. The number of nitrogens with zero attached hydrogens (tertiary/aromatic N) is 2. The van der Waals surface area contributed by atoms with Crippen molar-refractivity contribution in [3.63, 3.8) is 0 Å². The summed E-state index contributed by atoms with van der Waals surface area (Å²) in [6, 6.07) is 1.88. The van der Waals surface area contributed by atoms with Gasteiger partial charge in [-0.2, -0.15) is 0 Å². The highest BCUT2D eigenvalue weighted by molar-refractivity contribution is 7.18. The lowest BCUT2D eigenvalue weighted by Gasteiger charge is -2.12. The van der Waals surface area contributed by atoms with Crippen molar-refractivity contribution in [1.29, 1.82) is 0 Å². The third kappa shape index (κ3) is 3.45. The zero-order valence-electron chi connectivity index (χ0n) is 13.4. The first-order valence-corrected chi connectivity index (χ1v) is 8.78. The summed E-state index contributed by atoms with van der Waals surface area (Å²) in [5.74, 6) is 0.386. The summed E-state index contributed by atoms with van der Waals surface area (Å²) in [7, 11) is 0. The van der Waals surface area contributed by atoms with E-state index < -0.39 is 0 Å². The average Bonchev–Trinajstić information content (AvgIpc) is 3.18. The molecule has 2 aromatic rings. The van der Waals surface area contributed by atoms with Crippen LogP contribution in [0.3, 0.4) is 0 Å². The molecule has 23 heavy (non-hydrogen) atoms. The van der Waals surface area contributed by atoms with Crippen LogP contribution in [0.2, 0.25) is 0 Å². The predicted molar refractivity (Wildman–Crippen MR) is 90.0 cm³/mol. The van der Waals surface area contributed by atoms with Crippen LogP contribution in [0, 0.1) is 6.92 Å². The van der Waals surface area contributed by atoms with E-state index in [9.17, 15) is 9.59 Å². The van der Waals surface area contributed by atoms with Gasteiger partial charge in [0.2, 0.25) is 5.91 Å². The van der Waals surface area contributed by atoms with E-state index in [1.165, 1.54) is 15.9 Å². The van der Waals surface area contributed by atoms with Gasteiger partial charge in [-0.3, -0.25) is 14.2 Å². The van der Waals surface area contributed by atoms with Gasteiger partial charge in [0.05, 0.1) is 11.5 Å². The maximum Gasteiger partial charge on any atom is 0.262 e. The van der Waals surface area contributed by atoms with Gasteiger partial charge in [-0.05, 0) is 32.3 Å². The Labute approximate surface area is 138 Å². The van der Waals surface area contributed by atoms with Crippen LogP contribution >= 0.6 is 11.3 Å². The first kappa shape index (κ1) is 16.1. The number of aromatic nitrogens is 2. The number of rotatable bonds is 5. The summed E-state index contributed by atoms with van der Waals surface area (Å²) >= 11 is 1.54. The second-order valence-corrected chi connectivity index (χ2v) is 6.89. The molecule has 1 aliphatic rings. The quantitative estimate of drug-likeness (QED) is 0.901. The summed E-state index contributed by atoms with van der Waals surface area (Å²) in [5, 5.41) is 3.44. The Balaban J connectivity index is 1.76. The van der Waals surface area contributed by atoms with Crippen molar-refractivity contribution in [2.75, 3.05) is 13.2 Å². The third-order valence-electron chi connectivity index (χ3n) is 4.09. The molecule has 0 bridgehead atoms. The molecule has 1 aliphatic heterocycles. The fourth-order valence-corrected chi connectivity index (χ4v) is 3.76. The summed E-state index contributed by atoms with van der Waals surface area (Å²) in [6.07, 6.45) is 2.99. The van der Waals surface area contributed by atoms with E-state index in [2.05, 4.69) is 17.2 Å². The number of ether oxygens (including phenoxy) is 1. The molecule has 6 nitrogen and oxygen atoms in total. The maximum absolute atomic E-state index is 12.6. The van der Waals surface area contributed by atoms with E-state index in [1.54, 1.807) is 6.92 Å². The van der Waals surface area contributed by atoms with Crippen molar-refractivity contribution < 1.29 is 9.53 Å². The van der Waals surface area contributed by atoms with Crippen molar-refractivity contribution in [1.82, 2.24) is 14.9 Å².